The Bertz CT molecular complexity index is 558. The van der Waals surface area contributed by atoms with Gasteiger partial charge in [-0.15, -0.1) is 0 Å². The first-order chi connectivity index (χ1) is 9.89. The standard InChI is InChI=1S/C16H20ClNO3/c1-4-21-16(2,3)11-18-15(20)13-8-7-12(6-5-9-19)14(17)10-13/h7-8,10,19H,4,9,11H2,1-3H3,(H,18,20). The van der Waals surface area contributed by atoms with Gasteiger partial charge in [0.05, 0.1) is 10.6 Å². The van der Waals surface area contributed by atoms with Crippen molar-refractivity contribution in [2.45, 2.75) is 26.4 Å². The predicted octanol–water partition coefficient (Wildman–Crippen LogP) is 2.23. The highest BCUT2D eigenvalue weighted by Gasteiger charge is 2.19. The van der Waals surface area contributed by atoms with Crippen molar-refractivity contribution in [2.75, 3.05) is 19.8 Å². The third-order valence-corrected chi connectivity index (χ3v) is 3.06. The Morgan fingerprint density at radius 2 is 2.19 bits per heavy atom. The van der Waals surface area contributed by atoms with Crippen molar-refractivity contribution in [3.05, 3.63) is 34.3 Å². The van der Waals surface area contributed by atoms with E-state index >= 15 is 0 Å². The molecule has 5 heteroatoms. The summed E-state index contributed by atoms with van der Waals surface area (Å²) >= 11 is 6.06. The van der Waals surface area contributed by atoms with E-state index in [1.54, 1.807) is 18.2 Å². The Morgan fingerprint density at radius 1 is 1.48 bits per heavy atom. The second-order valence-electron chi connectivity index (χ2n) is 5.03. The monoisotopic (exact) mass is 309 g/mol. The summed E-state index contributed by atoms with van der Waals surface area (Å²) in [6.07, 6.45) is 0. The summed E-state index contributed by atoms with van der Waals surface area (Å²) in [7, 11) is 0. The van der Waals surface area contributed by atoms with Gasteiger partial charge in [0.2, 0.25) is 0 Å². The first-order valence-corrected chi connectivity index (χ1v) is 7.09. The molecule has 1 rings (SSSR count). The molecule has 1 aromatic carbocycles. The molecule has 2 N–H and O–H groups in total. The average Bonchev–Trinajstić information content (AvgIpc) is 2.43. The SMILES string of the molecule is CCOC(C)(C)CNC(=O)c1ccc(C#CCO)c(Cl)c1. The van der Waals surface area contributed by atoms with E-state index in [0.717, 1.165) is 0 Å². The zero-order valence-electron chi connectivity index (χ0n) is 12.5. The molecule has 21 heavy (non-hydrogen) atoms. The molecule has 0 saturated carbocycles. The van der Waals surface area contributed by atoms with Crippen molar-refractivity contribution in [3.8, 4) is 11.8 Å². The minimum absolute atomic E-state index is 0.216. The van der Waals surface area contributed by atoms with Crippen LogP contribution in [0.2, 0.25) is 5.02 Å². The topological polar surface area (TPSA) is 58.6 Å². The molecular formula is C16H20ClNO3. The quantitative estimate of drug-likeness (QED) is 0.820. The van der Waals surface area contributed by atoms with E-state index in [4.69, 9.17) is 21.4 Å². The fourth-order valence-electron chi connectivity index (χ4n) is 1.73. The maximum atomic E-state index is 12.1. The molecule has 0 radical (unpaired) electrons. The van der Waals surface area contributed by atoms with Crippen molar-refractivity contribution in [3.63, 3.8) is 0 Å². The molecule has 0 aliphatic carbocycles. The number of nitrogens with one attached hydrogen (secondary N) is 1. The first-order valence-electron chi connectivity index (χ1n) is 6.71. The van der Waals surface area contributed by atoms with E-state index in [-0.39, 0.29) is 12.5 Å². The molecule has 0 saturated heterocycles. The van der Waals surface area contributed by atoms with Gasteiger partial charge in [0, 0.05) is 24.3 Å². The summed E-state index contributed by atoms with van der Waals surface area (Å²) in [4.78, 5) is 12.1. The molecule has 1 amide bonds. The van der Waals surface area contributed by atoms with Gasteiger partial charge >= 0.3 is 0 Å². The lowest BCUT2D eigenvalue weighted by Crippen LogP contribution is -2.40. The summed E-state index contributed by atoms with van der Waals surface area (Å²) in [6.45, 7) is 6.51. The van der Waals surface area contributed by atoms with Gasteiger partial charge in [-0.25, -0.2) is 0 Å². The molecule has 0 atom stereocenters. The molecule has 0 aliphatic rings. The van der Waals surface area contributed by atoms with Crippen molar-refractivity contribution in [2.24, 2.45) is 0 Å². The van der Waals surface area contributed by atoms with E-state index in [0.29, 0.717) is 29.3 Å². The fraction of sp³-hybridized carbons (Fsp3) is 0.438. The van der Waals surface area contributed by atoms with Crippen LogP contribution in [0.3, 0.4) is 0 Å². The summed E-state index contributed by atoms with van der Waals surface area (Å²) in [5.41, 5.74) is 0.625. The molecule has 1 aromatic rings. The predicted molar refractivity (Wildman–Crippen MR) is 83.5 cm³/mol. The van der Waals surface area contributed by atoms with Crippen molar-refractivity contribution in [1.82, 2.24) is 5.32 Å². The van der Waals surface area contributed by atoms with Gasteiger partial charge in [0.1, 0.15) is 6.61 Å². The van der Waals surface area contributed by atoms with Crippen LogP contribution < -0.4 is 5.32 Å². The Balaban J connectivity index is 2.73. The van der Waals surface area contributed by atoms with Crippen LogP contribution in [0.15, 0.2) is 18.2 Å². The van der Waals surface area contributed by atoms with Crippen LogP contribution in [0.1, 0.15) is 36.7 Å². The van der Waals surface area contributed by atoms with E-state index in [1.807, 2.05) is 20.8 Å². The summed E-state index contributed by atoms with van der Waals surface area (Å²) < 4.78 is 5.52. The fourth-order valence-corrected chi connectivity index (χ4v) is 1.96. The van der Waals surface area contributed by atoms with E-state index in [2.05, 4.69) is 17.2 Å². The molecule has 114 valence electrons. The largest absolute Gasteiger partial charge is 0.384 e. The van der Waals surface area contributed by atoms with E-state index in [1.165, 1.54) is 0 Å². The second-order valence-corrected chi connectivity index (χ2v) is 5.44. The number of hydrogen-bond donors (Lipinski definition) is 2. The molecular weight excluding hydrogens is 290 g/mol. The van der Waals surface area contributed by atoms with Gasteiger partial charge in [-0.2, -0.15) is 0 Å². The van der Waals surface area contributed by atoms with Crippen LogP contribution in [-0.4, -0.2) is 36.4 Å². The number of carbonyl (C=O) groups excluding carboxylic acids is 1. The number of carbonyl (C=O) groups is 1. The number of benzene rings is 1. The Hall–Kier alpha value is -1.54. The number of halogens is 1. The second kappa shape index (κ2) is 8.04. The molecule has 0 aliphatic heterocycles. The van der Waals surface area contributed by atoms with E-state index < -0.39 is 5.60 Å². The van der Waals surface area contributed by atoms with E-state index in [9.17, 15) is 4.79 Å². The lowest BCUT2D eigenvalue weighted by atomic mass is 10.1. The summed E-state index contributed by atoms with van der Waals surface area (Å²) in [6, 6.07) is 4.87. The van der Waals surface area contributed by atoms with Gasteiger partial charge < -0.3 is 15.2 Å². The molecule has 4 nitrogen and oxygen atoms in total. The number of rotatable bonds is 5. The molecule has 0 fully saturated rings. The third-order valence-electron chi connectivity index (χ3n) is 2.74. The zero-order chi connectivity index (χ0) is 15.9. The van der Waals surface area contributed by atoms with Crippen LogP contribution in [0.5, 0.6) is 0 Å². The molecule has 0 spiro atoms. The highest BCUT2D eigenvalue weighted by molar-refractivity contribution is 6.32. The van der Waals surface area contributed by atoms with Crippen molar-refractivity contribution >= 4 is 17.5 Å². The average molecular weight is 310 g/mol. The smallest absolute Gasteiger partial charge is 0.251 e. The van der Waals surface area contributed by atoms with Gasteiger partial charge in [0.15, 0.2) is 0 Å². The van der Waals surface area contributed by atoms with Crippen LogP contribution in [0.25, 0.3) is 0 Å². The summed E-state index contributed by atoms with van der Waals surface area (Å²) in [5, 5.41) is 11.9. The Kier molecular flexibility index (Phi) is 6.70. The molecule has 0 unspecified atom stereocenters. The number of aliphatic hydroxyl groups is 1. The number of amides is 1. The van der Waals surface area contributed by atoms with Gasteiger partial charge in [-0.1, -0.05) is 23.4 Å². The first kappa shape index (κ1) is 17.5. The van der Waals surface area contributed by atoms with Crippen LogP contribution in [0.4, 0.5) is 0 Å². The van der Waals surface area contributed by atoms with Crippen molar-refractivity contribution < 1.29 is 14.6 Å². The minimum atomic E-state index is -0.416. The minimum Gasteiger partial charge on any atom is -0.384 e. The maximum Gasteiger partial charge on any atom is 0.251 e. The van der Waals surface area contributed by atoms with Crippen LogP contribution in [0, 0.1) is 11.8 Å². The summed E-state index contributed by atoms with van der Waals surface area (Å²) in [5.74, 6) is 5.02. The third kappa shape index (κ3) is 5.76. The Labute approximate surface area is 130 Å². The lowest BCUT2D eigenvalue weighted by Gasteiger charge is -2.24. The lowest BCUT2D eigenvalue weighted by molar-refractivity contribution is -0.00815. The Morgan fingerprint density at radius 3 is 2.76 bits per heavy atom. The maximum absolute atomic E-state index is 12.1. The van der Waals surface area contributed by atoms with Crippen LogP contribution in [-0.2, 0) is 4.74 Å². The van der Waals surface area contributed by atoms with Crippen molar-refractivity contribution in [1.29, 1.82) is 0 Å². The zero-order valence-corrected chi connectivity index (χ0v) is 13.3. The van der Waals surface area contributed by atoms with Gasteiger partial charge in [0.25, 0.3) is 5.91 Å². The van der Waals surface area contributed by atoms with Gasteiger partial charge in [-0.05, 0) is 39.0 Å². The highest BCUT2D eigenvalue weighted by atomic mass is 35.5. The highest BCUT2D eigenvalue weighted by Crippen LogP contribution is 2.17. The normalized spacial score (nSPS) is 10.7. The number of aliphatic hydroxyl groups excluding tert-OH is 1. The van der Waals surface area contributed by atoms with Gasteiger partial charge in [-0.3, -0.25) is 4.79 Å². The number of hydrogen-bond acceptors (Lipinski definition) is 3. The van der Waals surface area contributed by atoms with Crippen LogP contribution >= 0.6 is 11.6 Å². The molecule has 0 aromatic heterocycles. The number of ether oxygens (including phenoxy) is 1. The molecule has 0 heterocycles. The molecule has 0 bridgehead atoms.